The van der Waals surface area contributed by atoms with E-state index in [1.54, 1.807) is 6.07 Å². The van der Waals surface area contributed by atoms with Gasteiger partial charge in [0.2, 0.25) is 0 Å². The van der Waals surface area contributed by atoms with Crippen LogP contribution in [0.4, 0.5) is 0 Å². The SMILES string of the molecule is O=c1cc(-c2ccccc2)oc2cc(OCCCCN3CCOCC3)cc(O)c12. The Morgan fingerprint density at radius 1 is 1.03 bits per heavy atom. The molecule has 1 aliphatic rings. The number of aromatic hydroxyl groups is 1. The van der Waals surface area contributed by atoms with Gasteiger partial charge in [-0.15, -0.1) is 0 Å². The van der Waals surface area contributed by atoms with Crippen LogP contribution in [0.5, 0.6) is 11.5 Å². The van der Waals surface area contributed by atoms with Crippen LogP contribution >= 0.6 is 0 Å². The number of morpholine rings is 1. The second-order valence-corrected chi connectivity index (χ2v) is 7.17. The van der Waals surface area contributed by atoms with E-state index in [2.05, 4.69) is 4.90 Å². The van der Waals surface area contributed by atoms with E-state index in [4.69, 9.17) is 13.9 Å². The van der Waals surface area contributed by atoms with E-state index >= 15 is 0 Å². The fourth-order valence-electron chi connectivity index (χ4n) is 3.52. The first-order chi connectivity index (χ1) is 14.2. The second kappa shape index (κ2) is 9.11. The molecule has 0 unspecified atom stereocenters. The van der Waals surface area contributed by atoms with Gasteiger partial charge < -0.3 is 19.0 Å². The largest absolute Gasteiger partial charge is 0.507 e. The number of hydrogen-bond donors (Lipinski definition) is 1. The third kappa shape index (κ3) is 4.78. The molecule has 1 aliphatic heterocycles. The molecule has 1 aromatic heterocycles. The van der Waals surface area contributed by atoms with Crippen LogP contribution in [-0.4, -0.2) is 49.5 Å². The molecule has 1 saturated heterocycles. The summed E-state index contributed by atoms with van der Waals surface area (Å²) in [5.74, 6) is 0.832. The monoisotopic (exact) mass is 395 g/mol. The molecular formula is C23H25NO5. The quantitative estimate of drug-likeness (QED) is 0.616. The van der Waals surface area contributed by atoms with Crippen molar-refractivity contribution in [1.29, 1.82) is 0 Å². The molecule has 0 saturated carbocycles. The van der Waals surface area contributed by atoms with Crippen molar-refractivity contribution in [2.75, 3.05) is 39.5 Å². The highest BCUT2D eigenvalue weighted by Gasteiger charge is 2.13. The Labute approximate surface area is 169 Å². The third-order valence-electron chi connectivity index (χ3n) is 5.08. The van der Waals surface area contributed by atoms with Crippen LogP contribution in [0, 0.1) is 0 Å². The van der Waals surface area contributed by atoms with E-state index in [9.17, 15) is 9.90 Å². The number of fused-ring (bicyclic) bond motifs is 1. The smallest absolute Gasteiger partial charge is 0.197 e. The maximum absolute atomic E-state index is 12.5. The summed E-state index contributed by atoms with van der Waals surface area (Å²) >= 11 is 0. The van der Waals surface area contributed by atoms with Gasteiger partial charge in [-0.1, -0.05) is 30.3 Å². The minimum absolute atomic E-state index is 0.126. The Morgan fingerprint density at radius 3 is 2.62 bits per heavy atom. The van der Waals surface area contributed by atoms with Crippen LogP contribution in [0.25, 0.3) is 22.3 Å². The van der Waals surface area contributed by atoms with E-state index in [-0.39, 0.29) is 16.6 Å². The minimum Gasteiger partial charge on any atom is -0.507 e. The van der Waals surface area contributed by atoms with Gasteiger partial charge >= 0.3 is 0 Å². The Bertz CT molecular complexity index is 1010. The van der Waals surface area contributed by atoms with Crippen LogP contribution in [0.1, 0.15) is 12.8 Å². The Hall–Kier alpha value is -2.83. The lowest BCUT2D eigenvalue weighted by molar-refractivity contribution is 0.0368. The van der Waals surface area contributed by atoms with Crippen LogP contribution in [0.3, 0.4) is 0 Å². The lowest BCUT2D eigenvalue weighted by Crippen LogP contribution is -2.36. The van der Waals surface area contributed by atoms with Gasteiger partial charge in [0, 0.05) is 36.9 Å². The van der Waals surface area contributed by atoms with E-state index in [0.29, 0.717) is 23.7 Å². The molecule has 6 nitrogen and oxygen atoms in total. The third-order valence-corrected chi connectivity index (χ3v) is 5.08. The molecular weight excluding hydrogens is 370 g/mol. The van der Waals surface area contributed by atoms with E-state index < -0.39 is 0 Å². The van der Waals surface area contributed by atoms with Gasteiger partial charge in [-0.3, -0.25) is 9.69 Å². The van der Waals surface area contributed by atoms with Crippen LogP contribution in [-0.2, 0) is 4.74 Å². The normalized spacial score (nSPS) is 14.9. The molecule has 0 bridgehead atoms. The van der Waals surface area contributed by atoms with Crippen molar-refractivity contribution in [3.05, 3.63) is 58.8 Å². The Kier molecular flexibility index (Phi) is 6.12. The van der Waals surface area contributed by atoms with Gasteiger partial charge in [-0.05, 0) is 19.4 Å². The van der Waals surface area contributed by atoms with Gasteiger partial charge in [0.1, 0.15) is 28.2 Å². The molecule has 0 amide bonds. The van der Waals surface area contributed by atoms with Gasteiger partial charge in [-0.25, -0.2) is 0 Å². The molecule has 6 heteroatoms. The average molecular weight is 395 g/mol. The average Bonchev–Trinajstić information content (AvgIpc) is 2.74. The zero-order chi connectivity index (χ0) is 20.1. The minimum atomic E-state index is -0.278. The maximum Gasteiger partial charge on any atom is 0.197 e. The summed E-state index contributed by atoms with van der Waals surface area (Å²) in [6.07, 6.45) is 1.94. The van der Waals surface area contributed by atoms with E-state index in [1.807, 2.05) is 30.3 Å². The number of nitrogens with zero attached hydrogens (tertiary/aromatic N) is 1. The van der Waals surface area contributed by atoms with E-state index in [1.165, 1.54) is 12.1 Å². The lowest BCUT2D eigenvalue weighted by Gasteiger charge is -2.26. The molecule has 3 aromatic rings. The van der Waals surface area contributed by atoms with Crippen molar-refractivity contribution in [1.82, 2.24) is 4.90 Å². The molecule has 1 N–H and O–H groups in total. The molecule has 0 aliphatic carbocycles. The zero-order valence-electron chi connectivity index (χ0n) is 16.3. The zero-order valence-corrected chi connectivity index (χ0v) is 16.3. The summed E-state index contributed by atoms with van der Waals surface area (Å²) in [5, 5.41) is 10.5. The summed E-state index contributed by atoms with van der Waals surface area (Å²) < 4.78 is 17.1. The second-order valence-electron chi connectivity index (χ2n) is 7.17. The molecule has 0 atom stereocenters. The first kappa shape index (κ1) is 19.5. The van der Waals surface area contributed by atoms with Crippen molar-refractivity contribution >= 4 is 11.0 Å². The van der Waals surface area contributed by atoms with Gasteiger partial charge in [0.05, 0.1) is 19.8 Å². The predicted octanol–water partition coefficient (Wildman–Crippen LogP) is 3.66. The summed E-state index contributed by atoms with van der Waals surface area (Å²) in [7, 11) is 0. The first-order valence-electron chi connectivity index (χ1n) is 10.00. The van der Waals surface area contributed by atoms with Crippen molar-refractivity contribution in [2.45, 2.75) is 12.8 Å². The standard InChI is InChI=1S/C23H25NO5/c25-19-14-18(28-11-5-4-8-24-9-12-27-13-10-24)15-22-23(19)20(26)16-21(29-22)17-6-2-1-3-7-17/h1-3,6-7,14-16,25H,4-5,8-13H2. The van der Waals surface area contributed by atoms with Crippen LogP contribution < -0.4 is 10.2 Å². The highest BCUT2D eigenvalue weighted by molar-refractivity contribution is 5.86. The lowest BCUT2D eigenvalue weighted by atomic mass is 10.1. The number of phenolic OH excluding ortho intramolecular Hbond substituents is 1. The molecule has 4 rings (SSSR count). The van der Waals surface area contributed by atoms with Gasteiger partial charge in [-0.2, -0.15) is 0 Å². The summed E-state index contributed by atoms with van der Waals surface area (Å²) in [5.41, 5.74) is 0.847. The highest BCUT2D eigenvalue weighted by Crippen LogP contribution is 2.31. The predicted molar refractivity (Wildman–Crippen MR) is 112 cm³/mol. The van der Waals surface area contributed by atoms with Crippen molar-refractivity contribution in [3.8, 4) is 22.8 Å². The van der Waals surface area contributed by atoms with Gasteiger partial charge in [0.15, 0.2) is 5.43 Å². The molecule has 0 spiro atoms. The topological polar surface area (TPSA) is 72.1 Å². The number of phenols is 1. The van der Waals surface area contributed by atoms with Crippen LogP contribution in [0.2, 0.25) is 0 Å². The van der Waals surface area contributed by atoms with Crippen molar-refractivity contribution in [2.24, 2.45) is 0 Å². The molecule has 0 radical (unpaired) electrons. The highest BCUT2D eigenvalue weighted by atomic mass is 16.5. The maximum atomic E-state index is 12.5. The molecule has 152 valence electrons. The fraction of sp³-hybridized carbons (Fsp3) is 0.348. The number of ether oxygens (including phenoxy) is 2. The molecule has 2 aromatic carbocycles. The van der Waals surface area contributed by atoms with E-state index in [0.717, 1.165) is 51.3 Å². The van der Waals surface area contributed by atoms with Crippen molar-refractivity contribution in [3.63, 3.8) is 0 Å². The van der Waals surface area contributed by atoms with Gasteiger partial charge in [0.25, 0.3) is 0 Å². The Balaban J connectivity index is 1.43. The Morgan fingerprint density at radius 2 is 1.83 bits per heavy atom. The van der Waals surface area contributed by atoms with Crippen LogP contribution in [0.15, 0.2) is 57.7 Å². The molecule has 2 heterocycles. The summed E-state index contributed by atoms with van der Waals surface area (Å²) in [4.78, 5) is 14.9. The fourth-order valence-corrected chi connectivity index (χ4v) is 3.52. The number of unbranched alkanes of at least 4 members (excludes halogenated alkanes) is 1. The van der Waals surface area contributed by atoms with Crippen molar-refractivity contribution < 1.29 is 19.0 Å². The number of rotatable bonds is 7. The number of hydrogen-bond acceptors (Lipinski definition) is 6. The molecule has 29 heavy (non-hydrogen) atoms. The first-order valence-corrected chi connectivity index (χ1v) is 10.00. The summed E-state index contributed by atoms with van der Waals surface area (Å²) in [6, 6.07) is 14.0. The molecule has 1 fully saturated rings. The summed E-state index contributed by atoms with van der Waals surface area (Å²) in [6.45, 7) is 5.17. The number of benzene rings is 2.